The number of benzene rings is 1. The molecule has 0 aliphatic carbocycles. The maximum atomic E-state index is 12.2. The van der Waals surface area contributed by atoms with Crippen molar-refractivity contribution in [3.63, 3.8) is 0 Å². The van der Waals surface area contributed by atoms with E-state index in [9.17, 15) is 4.79 Å². The number of halogens is 3. The molecule has 1 rings (SSSR count). The molecule has 0 atom stereocenters. The zero-order valence-corrected chi connectivity index (χ0v) is 18.4. The summed E-state index contributed by atoms with van der Waals surface area (Å²) in [6.07, 6.45) is 2.54. The van der Waals surface area contributed by atoms with Crippen molar-refractivity contribution in [1.82, 2.24) is 5.32 Å². The number of methoxy groups -OCH3 is 2. The molecule has 0 fully saturated rings. The van der Waals surface area contributed by atoms with E-state index >= 15 is 0 Å². The van der Waals surface area contributed by atoms with Crippen molar-refractivity contribution in [2.75, 3.05) is 20.8 Å². The van der Waals surface area contributed by atoms with Crippen LogP contribution in [0.5, 0.6) is 0 Å². The van der Waals surface area contributed by atoms with Gasteiger partial charge in [0.2, 0.25) is 0 Å². The molecule has 0 bridgehead atoms. The second kappa shape index (κ2) is 10.6. The lowest BCUT2D eigenvalue weighted by atomic mass is 10.2. The molecule has 0 unspecified atom stereocenters. The molecule has 0 aliphatic heterocycles. The van der Waals surface area contributed by atoms with E-state index in [1.165, 1.54) is 0 Å². The average molecular weight is 629 g/mol. The van der Waals surface area contributed by atoms with Crippen molar-refractivity contribution in [2.24, 2.45) is 0 Å². The first kappa shape index (κ1) is 19.8. The molecule has 0 saturated carbocycles. The first-order valence-electron chi connectivity index (χ1n) is 6.48. The molecule has 1 aromatic rings. The van der Waals surface area contributed by atoms with E-state index in [4.69, 9.17) is 9.47 Å². The van der Waals surface area contributed by atoms with Crippen LogP contribution in [0, 0.1) is 10.7 Å². The van der Waals surface area contributed by atoms with Gasteiger partial charge in [-0.15, -0.1) is 0 Å². The number of rotatable bonds is 8. The third-order valence-corrected chi connectivity index (χ3v) is 5.24. The van der Waals surface area contributed by atoms with E-state index < -0.39 is 0 Å². The lowest BCUT2D eigenvalue weighted by Crippen LogP contribution is -2.26. The van der Waals surface area contributed by atoms with Crippen molar-refractivity contribution < 1.29 is 14.3 Å². The summed E-state index contributed by atoms with van der Waals surface area (Å²) in [5.41, 5.74) is 0.767. The minimum absolute atomic E-state index is 0.00441. The maximum absolute atomic E-state index is 12.2. The number of hydrogen-bond donors (Lipinski definition) is 1. The van der Waals surface area contributed by atoms with Crippen LogP contribution in [-0.4, -0.2) is 33.0 Å². The molecule has 118 valence electrons. The fraction of sp³-hybridized carbons (Fsp3) is 0.500. The Hall–Kier alpha value is 0.800. The van der Waals surface area contributed by atoms with Crippen molar-refractivity contribution in [3.05, 3.63) is 28.4 Å². The van der Waals surface area contributed by atoms with Crippen LogP contribution in [0.25, 0.3) is 0 Å². The fourth-order valence-electron chi connectivity index (χ4n) is 1.82. The molecule has 1 aromatic carbocycles. The largest absolute Gasteiger partial charge is 0.356 e. The molecule has 0 aliphatic rings. The van der Waals surface area contributed by atoms with E-state index in [1.807, 2.05) is 12.1 Å². The molecule has 1 amide bonds. The molecule has 4 nitrogen and oxygen atoms in total. The summed E-state index contributed by atoms with van der Waals surface area (Å²) < 4.78 is 13.4. The van der Waals surface area contributed by atoms with E-state index in [-0.39, 0.29) is 12.2 Å². The Morgan fingerprint density at radius 3 is 2.24 bits per heavy atom. The smallest absolute Gasteiger partial charge is 0.253 e. The van der Waals surface area contributed by atoms with Crippen molar-refractivity contribution in [3.8, 4) is 0 Å². The SMILES string of the molecule is COC(CCCCNC(=O)c1c(I)cc(I)cc1I)OC. The van der Waals surface area contributed by atoms with Crippen LogP contribution >= 0.6 is 67.8 Å². The van der Waals surface area contributed by atoms with E-state index in [0.29, 0.717) is 6.54 Å². The third-order valence-electron chi connectivity index (χ3n) is 2.91. The highest BCUT2D eigenvalue weighted by molar-refractivity contribution is 14.1. The van der Waals surface area contributed by atoms with Crippen LogP contribution in [0.2, 0.25) is 0 Å². The van der Waals surface area contributed by atoms with E-state index in [1.54, 1.807) is 14.2 Å². The molecular weight excluding hydrogens is 611 g/mol. The predicted molar refractivity (Wildman–Crippen MR) is 109 cm³/mol. The number of nitrogens with one attached hydrogen (secondary N) is 1. The molecule has 0 saturated heterocycles. The molecule has 0 spiro atoms. The number of carbonyl (C=O) groups is 1. The minimum Gasteiger partial charge on any atom is -0.356 e. The van der Waals surface area contributed by atoms with Crippen LogP contribution in [0.15, 0.2) is 12.1 Å². The summed E-state index contributed by atoms with van der Waals surface area (Å²) in [5, 5.41) is 2.98. The zero-order valence-electron chi connectivity index (χ0n) is 11.9. The summed E-state index contributed by atoms with van der Waals surface area (Å²) in [5.74, 6) is -0.00441. The Morgan fingerprint density at radius 2 is 1.71 bits per heavy atom. The molecule has 0 radical (unpaired) electrons. The Balaban J connectivity index is 2.41. The van der Waals surface area contributed by atoms with Crippen LogP contribution in [-0.2, 0) is 9.47 Å². The van der Waals surface area contributed by atoms with Gasteiger partial charge in [-0.2, -0.15) is 0 Å². The summed E-state index contributed by atoms with van der Waals surface area (Å²) in [6.45, 7) is 0.664. The topological polar surface area (TPSA) is 47.6 Å². The number of hydrogen-bond acceptors (Lipinski definition) is 3. The van der Waals surface area contributed by atoms with Crippen molar-refractivity contribution in [2.45, 2.75) is 25.6 Å². The van der Waals surface area contributed by atoms with Crippen molar-refractivity contribution in [1.29, 1.82) is 0 Å². The second-order valence-electron chi connectivity index (χ2n) is 4.40. The lowest BCUT2D eigenvalue weighted by molar-refractivity contribution is -0.107. The van der Waals surface area contributed by atoms with Crippen LogP contribution in [0.3, 0.4) is 0 Å². The normalized spacial score (nSPS) is 11.0. The number of carbonyl (C=O) groups excluding carboxylic acids is 1. The lowest BCUT2D eigenvalue weighted by Gasteiger charge is -2.13. The molecule has 0 heterocycles. The maximum Gasteiger partial charge on any atom is 0.253 e. The Morgan fingerprint density at radius 1 is 1.14 bits per heavy atom. The number of ether oxygens (including phenoxy) is 2. The first-order chi connectivity index (χ1) is 9.99. The van der Waals surface area contributed by atoms with Gasteiger partial charge in [0, 0.05) is 31.5 Å². The van der Waals surface area contributed by atoms with Crippen LogP contribution in [0.4, 0.5) is 0 Å². The van der Waals surface area contributed by atoms with Crippen LogP contribution < -0.4 is 5.32 Å². The quantitative estimate of drug-likeness (QED) is 0.269. The van der Waals surface area contributed by atoms with Crippen molar-refractivity contribution >= 4 is 73.7 Å². The van der Waals surface area contributed by atoms with Gasteiger partial charge in [0.1, 0.15) is 0 Å². The molecule has 7 heteroatoms. The van der Waals surface area contributed by atoms with E-state index in [0.717, 1.165) is 35.5 Å². The average Bonchev–Trinajstić information content (AvgIpc) is 2.41. The van der Waals surface area contributed by atoms with Gasteiger partial charge in [-0.05, 0) is 99.2 Å². The third kappa shape index (κ3) is 6.83. The van der Waals surface area contributed by atoms with Gasteiger partial charge in [-0.1, -0.05) is 0 Å². The van der Waals surface area contributed by atoms with Gasteiger partial charge in [0.25, 0.3) is 5.91 Å². The Labute approximate surface area is 166 Å². The molecule has 21 heavy (non-hydrogen) atoms. The highest BCUT2D eigenvalue weighted by Gasteiger charge is 2.14. The first-order valence-corrected chi connectivity index (χ1v) is 9.71. The van der Waals surface area contributed by atoms with Gasteiger partial charge in [0.05, 0.1) is 5.56 Å². The summed E-state index contributed by atoms with van der Waals surface area (Å²) in [7, 11) is 3.27. The van der Waals surface area contributed by atoms with Gasteiger partial charge in [-0.3, -0.25) is 4.79 Å². The fourth-order valence-corrected chi connectivity index (χ4v) is 5.89. The van der Waals surface area contributed by atoms with E-state index in [2.05, 4.69) is 73.1 Å². The highest BCUT2D eigenvalue weighted by Crippen LogP contribution is 2.22. The standard InChI is InChI=1S/C14H18I3NO3/c1-20-12(21-2)5-3-4-6-18-14(19)13-10(16)7-9(15)8-11(13)17/h7-8,12H,3-6H2,1-2H3,(H,18,19). The van der Waals surface area contributed by atoms with Gasteiger partial charge in [-0.25, -0.2) is 0 Å². The Kier molecular flexibility index (Phi) is 9.97. The molecule has 1 N–H and O–H groups in total. The van der Waals surface area contributed by atoms with Crippen LogP contribution in [0.1, 0.15) is 29.6 Å². The Bertz CT molecular complexity index is 456. The molecular formula is C14H18I3NO3. The predicted octanol–water partition coefficient (Wildman–Crippen LogP) is 4.02. The molecule has 0 aromatic heterocycles. The van der Waals surface area contributed by atoms with Gasteiger partial charge < -0.3 is 14.8 Å². The summed E-state index contributed by atoms with van der Waals surface area (Å²) >= 11 is 6.68. The second-order valence-corrected chi connectivity index (χ2v) is 7.97. The minimum atomic E-state index is -0.154. The highest BCUT2D eigenvalue weighted by atomic mass is 127. The monoisotopic (exact) mass is 629 g/mol. The summed E-state index contributed by atoms with van der Waals surface area (Å²) in [4.78, 5) is 12.2. The van der Waals surface area contributed by atoms with Gasteiger partial charge >= 0.3 is 0 Å². The number of amides is 1. The summed E-state index contributed by atoms with van der Waals surface area (Å²) in [6, 6.07) is 4.03. The number of unbranched alkanes of at least 4 members (excludes halogenated alkanes) is 1. The van der Waals surface area contributed by atoms with Gasteiger partial charge in [0.15, 0.2) is 6.29 Å². The zero-order chi connectivity index (χ0) is 15.8.